The van der Waals surface area contributed by atoms with Gasteiger partial charge in [-0.05, 0) is 30.2 Å². The van der Waals surface area contributed by atoms with Crippen molar-refractivity contribution in [3.05, 3.63) is 83.9 Å². The van der Waals surface area contributed by atoms with Gasteiger partial charge in [0.2, 0.25) is 12.1 Å². The van der Waals surface area contributed by atoms with Crippen molar-refractivity contribution in [2.45, 2.75) is 31.8 Å². The number of rotatable bonds is 6. The second-order valence-electron chi connectivity index (χ2n) is 6.84. The van der Waals surface area contributed by atoms with Crippen LogP contribution in [0.25, 0.3) is 0 Å². The molecule has 6 nitrogen and oxygen atoms in total. The monoisotopic (exact) mass is 376 g/mol. The minimum atomic E-state index is -0.900. The number of likely N-dealkylation sites (tertiary alicyclic amines) is 1. The third-order valence-corrected chi connectivity index (χ3v) is 4.75. The van der Waals surface area contributed by atoms with Crippen molar-refractivity contribution in [2.75, 3.05) is 0 Å². The number of carbonyl (C=O) groups is 2. The fourth-order valence-corrected chi connectivity index (χ4v) is 3.34. The van der Waals surface area contributed by atoms with E-state index in [0.29, 0.717) is 11.5 Å². The smallest absolute Gasteiger partial charge is 0.333 e. The molecule has 1 saturated heterocycles. The first-order valence-electron chi connectivity index (χ1n) is 9.04. The van der Waals surface area contributed by atoms with Gasteiger partial charge < -0.3 is 9.47 Å². The first-order chi connectivity index (χ1) is 13.6. The lowest BCUT2D eigenvalue weighted by Gasteiger charge is -2.44. The van der Waals surface area contributed by atoms with E-state index in [-0.39, 0.29) is 12.5 Å². The Morgan fingerprint density at radius 3 is 2.46 bits per heavy atom. The molecule has 2 heterocycles. The van der Waals surface area contributed by atoms with Crippen LogP contribution < -0.4 is 0 Å². The molecule has 0 aromatic heterocycles. The van der Waals surface area contributed by atoms with E-state index in [4.69, 9.17) is 9.47 Å². The summed E-state index contributed by atoms with van der Waals surface area (Å²) in [6.07, 6.45) is -0.617. The number of esters is 1. The number of fused-ring (bicyclic) bond motifs is 1. The Labute approximate surface area is 163 Å². The summed E-state index contributed by atoms with van der Waals surface area (Å²) in [5.74, 6) is -0.384. The maximum absolute atomic E-state index is 12.7. The number of nitrogens with zero attached hydrogens (tertiary/aromatic N) is 2. The summed E-state index contributed by atoms with van der Waals surface area (Å²) in [5, 5.41) is 0. The standard InChI is InChI=1S/C22H20N2O4/c1-14(2)18(22(26)27-13-15-9-5-3-6-10-15)24-20(25)17-21(24)28-19(23-17)16-11-7-4-8-12-16/h3-12,17-18,21H,1,13H2,2H3/t17-,18-,21-/m1/s1. The summed E-state index contributed by atoms with van der Waals surface area (Å²) in [7, 11) is 0. The highest BCUT2D eigenvalue weighted by molar-refractivity contribution is 6.03. The van der Waals surface area contributed by atoms with E-state index in [1.54, 1.807) is 6.92 Å². The first kappa shape index (κ1) is 18.0. The van der Waals surface area contributed by atoms with Gasteiger partial charge >= 0.3 is 5.97 Å². The van der Waals surface area contributed by atoms with Crippen LogP contribution in [0.3, 0.4) is 0 Å². The van der Waals surface area contributed by atoms with E-state index < -0.39 is 24.3 Å². The van der Waals surface area contributed by atoms with Gasteiger partial charge in [-0.25, -0.2) is 9.79 Å². The Balaban J connectivity index is 1.47. The van der Waals surface area contributed by atoms with Crippen LogP contribution >= 0.6 is 0 Å². The van der Waals surface area contributed by atoms with Gasteiger partial charge in [-0.2, -0.15) is 0 Å². The summed E-state index contributed by atoms with van der Waals surface area (Å²) < 4.78 is 11.3. The molecule has 3 atom stereocenters. The highest BCUT2D eigenvalue weighted by Gasteiger charge is 2.58. The number of amides is 1. The molecule has 28 heavy (non-hydrogen) atoms. The third kappa shape index (κ3) is 3.17. The van der Waals surface area contributed by atoms with Gasteiger partial charge in [0.05, 0.1) is 0 Å². The van der Waals surface area contributed by atoms with Gasteiger partial charge in [0.1, 0.15) is 6.61 Å². The van der Waals surface area contributed by atoms with E-state index in [0.717, 1.165) is 11.1 Å². The fraction of sp³-hybridized carbons (Fsp3) is 0.227. The molecule has 0 aliphatic carbocycles. The molecule has 2 aliphatic heterocycles. The van der Waals surface area contributed by atoms with E-state index in [9.17, 15) is 9.59 Å². The van der Waals surface area contributed by atoms with Crippen molar-refractivity contribution in [1.82, 2.24) is 4.90 Å². The van der Waals surface area contributed by atoms with Crippen LogP contribution in [0, 0.1) is 0 Å². The highest BCUT2D eigenvalue weighted by atomic mass is 16.5. The van der Waals surface area contributed by atoms with Gasteiger partial charge in [-0.1, -0.05) is 55.1 Å². The molecule has 1 amide bonds. The quantitative estimate of drug-likeness (QED) is 0.442. The third-order valence-electron chi connectivity index (χ3n) is 4.75. The zero-order valence-corrected chi connectivity index (χ0v) is 15.4. The summed E-state index contributed by atoms with van der Waals surface area (Å²) in [4.78, 5) is 31.1. The van der Waals surface area contributed by atoms with E-state index in [1.165, 1.54) is 4.90 Å². The molecule has 0 bridgehead atoms. The number of hydrogen-bond donors (Lipinski definition) is 0. The van der Waals surface area contributed by atoms with Gasteiger partial charge in [0.15, 0.2) is 12.1 Å². The molecule has 0 saturated carbocycles. The molecule has 142 valence electrons. The molecule has 4 rings (SSSR count). The topological polar surface area (TPSA) is 68.2 Å². The average Bonchev–Trinajstić information content (AvgIpc) is 3.11. The van der Waals surface area contributed by atoms with E-state index in [2.05, 4.69) is 11.6 Å². The van der Waals surface area contributed by atoms with Crippen LogP contribution in [0.4, 0.5) is 0 Å². The number of β-lactam (4-membered cyclic amide) rings is 1. The van der Waals surface area contributed by atoms with E-state index in [1.807, 2.05) is 60.7 Å². The van der Waals surface area contributed by atoms with Gasteiger partial charge in [-0.15, -0.1) is 0 Å². The molecule has 0 radical (unpaired) electrons. The molecular formula is C22H20N2O4. The Bertz CT molecular complexity index is 940. The first-order valence-corrected chi connectivity index (χ1v) is 9.04. The van der Waals surface area contributed by atoms with Crippen molar-refractivity contribution >= 4 is 17.8 Å². The number of carbonyl (C=O) groups excluding carboxylic acids is 2. The predicted molar refractivity (Wildman–Crippen MR) is 103 cm³/mol. The summed E-state index contributed by atoms with van der Waals surface area (Å²) in [6, 6.07) is 17.2. The van der Waals surface area contributed by atoms with Crippen LogP contribution in [0.15, 0.2) is 77.8 Å². The molecule has 6 heteroatoms. The molecule has 0 unspecified atom stereocenters. The van der Waals surface area contributed by atoms with Crippen molar-refractivity contribution in [3.63, 3.8) is 0 Å². The Morgan fingerprint density at radius 2 is 1.82 bits per heavy atom. The molecular weight excluding hydrogens is 356 g/mol. The highest BCUT2D eigenvalue weighted by Crippen LogP contribution is 2.35. The van der Waals surface area contributed by atoms with Crippen molar-refractivity contribution in [1.29, 1.82) is 0 Å². The number of aliphatic imine (C=N–C) groups is 1. The predicted octanol–water partition coefficient (Wildman–Crippen LogP) is 2.69. The zero-order chi connectivity index (χ0) is 19.7. The molecule has 2 aromatic rings. The lowest BCUT2D eigenvalue weighted by molar-refractivity contribution is -0.177. The lowest BCUT2D eigenvalue weighted by Crippen LogP contribution is -2.68. The molecule has 2 aliphatic rings. The minimum Gasteiger partial charge on any atom is -0.459 e. The van der Waals surface area contributed by atoms with Crippen molar-refractivity contribution in [2.24, 2.45) is 4.99 Å². The van der Waals surface area contributed by atoms with Gasteiger partial charge in [0, 0.05) is 5.56 Å². The normalized spacial score (nSPS) is 21.1. The van der Waals surface area contributed by atoms with Crippen LogP contribution in [-0.4, -0.2) is 41.0 Å². The molecule has 2 aromatic carbocycles. The Kier molecular flexibility index (Phi) is 4.69. The second kappa shape index (κ2) is 7.31. The maximum Gasteiger partial charge on any atom is 0.333 e. The molecule has 0 N–H and O–H groups in total. The summed E-state index contributed by atoms with van der Waals surface area (Å²) in [6.45, 7) is 5.70. The molecule has 1 fully saturated rings. The average molecular weight is 376 g/mol. The molecule has 0 spiro atoms. The largest absolute Gasteiger partial charge is 0.459 e. The Morgan fingerprint density at radius 1 is 1.18 bits per heavy atom. The fourth-order valence-electron chi connectivity index (χ4n) is 3.34. The number of hydrogen-bond acceptors (Lipinski definition) is 5. The lowest BCUT2D eigenvalue weighted by atomic mass is 9.98. The van der Waals surface area contributed by atoms with Gasteiger partial charge in [-0.3, -0.25) is 9.69 Å². The minimum absolute atomic E-state index is 0.131. The van der Waals surface area contributed by atoms with Crippen LogP contribution in [0.1, 0.15) is 18.1 Å². The van der Waals surface area contributed by atoms with E-state index >= 15 is 0 Å². The maximum atomic E-state index is 12.7. The SMILES string of the molecule is C=C(C)[C@H](C(=O)OCc1ccccc1)N1C(=O)[C@H]2N=C(c3ccccc3)O[C@H]21. The Hall–Kier alpha value is -3.41. The number of ether oxygens (including phenoxy) is 2. The van der Waals surface area contributed by atoms with Crippen molar-refractivity contribution < 1.29 is 19.1 Å². The van der Waals surface area contributed by atoms with Crippen molar-refractivity contribution in [3.8, 4) is 0 Å². The second-order valence-corrected chi connectivity index (χ2v) is 6.84. The zero-order valence-electron chi connectivity index (χ0n) is 15.4. The summed E-state index contributed by atoms with van der Waals surface area (Å²) in [5.41, 5.74) is 2.18. The van der Waals surface area contributed by atoms with Gasteiger partial charge in [0.25, 0.3) is 5.91 Å². The van der Waals surface area contributed by atoms with Crippen LogP contribution in [0.5, 0.6) is 0 Å². The van der Waals surface area contributed by atoms with Crippen LogP contribution in [-0.2, 0) is 25.7 Å². The number of benzene rings is 2. The summed E-state index contributed by atoms with van der Waals surface area (Å²) >= 11 is 0. The van der Waals surface area contributed by atoms with Crippen LogP contribution in [0.2, 0.25) is 0 Å².